The SMILES string of the molecule is N=c1nc[c]cn1O. The molecule has 0 bridgehead atoms. The number of hydrogen-bond donors (Lipinski definition) is 2. The summed E-state index contributed by atoms with van der Waals surface area (Å²) in [7, 11) is 0. The largest absolute Gasteiger partial charge is 0.425 e. The van der Waals surface area contributed by atoms with Crippen LogP contribution in [0.4, 0.5) is 0 Å². The molecule has 0 amide bonds. The van der Waals surface area contributed by atoms with Gasteiger partial charge in [-0.3, -0.25) is 5.41 Å². The zero-order chi connectivity index (χ0) is 5.98. The summed E-state index contributed by atoms with van der Waals surface area (Å²) in [6, 6.07) is 2.48. The maximum atomic E-state index is 8.55. The standard InChI is InChI=1S/C4H4N3O/c5-4-6-2-1-3-7(4)8/h2-3,5,8H. The quantitative estimate of drug-likeness (QED) is 0.438. The predicted molar refractivity (Wildman–Crippen MR) is 24.1 cm³/mol. The van der Waals surface area contributed by atoms with Crippen molar-refractivity contribution in [3.05, 3.63) is 24.1 Å². The lowest BCUT2D eigenvalue weighted by Crippen LogP contribution is -2.18. The zero-order valence-electron chi connectivity index (χ0n) is 4.00. The van der Waals surface area contributed by atoms with Gasteiger partial charge in [0.1, 0.15) is 0 Å². The van der Waals surface area contributed by atoms with Crippen molar-refractivity contribution in [1.29, 1.82) is 5.41 Å². The molecule has 2 N–H and O–H groups in total. The van der Waals surface area contributed by atoms with Gasteiger partial charge in [0.2, 0.25) is 0 Å². The molecule has 1 aromatic rings. The van der Waals surface area contributed by atoms with E-state index in [1.54, 1.807) is 0 Å². The highest BCUT2D eigenvalue weighted by Gasteiger charge is 1.80. The van der Waals surface area contributed by atoms with Crippen LogP contribution in [0.25, 0.3) is 0 Å². The molecule has 0 spiro atoms. The van der Waals surface area contributed by atoms with Crippen molar-refractivity contribution in [2.24, 2.45) is 0 Å². The summed E-state index contributed by atoms with van der Waals surface area (Å²) in [4.78, 5) is 3.40. The van der Waals surface area contributed by atoms with E-state index < -0.39 is 0 Å². The number of hydrogen-bond acceptors (Lipinski definition) is 3. The van der Waals surface area contributed by atoms with Crippen LogP contribution in [-0.4, -0.2) is 14.9 Å². The van der Waals surface area contributed by atoms with Crippen molar-refractivity contribution in [3.8, 4) is 0 Å². The highest BCUT2D eigenvalue weighted by molar-refractivity contribution is 4.72. The summed E-state index contributed by atoms with van der Waals surface area (Å²) in [5.41, 5.74) is -0.191. The molecule has 0 aromatic carbocycles. The average molecular weight is 110 g/mol. The first-order valence-corrected chi connectivity index (χ1v) is 1.99. The Morgan fingerprint density at radius 1 is 1.88 bits per heavy atom. The van der Waals surface area contributed by atoms with Crippen LogP contribution < -0.4 is 5.62 Å². The van der Waals surface area contributed by atoms with Crippen molar-refractivity contribution in [3.63, 3.8) is 0 Å². The van der Waals surface area contributed by atoms with Crippen LogP contribution in [0.15, 0.2) is 12.4 Å². The van der Waals surface area contributed by atoms with Gasteiger partial charge in [0.25, 0.3) is 5.62 Å². The minimum Gasteiger partial charge on any atom is -0.425 e. The summed E-state index contributed by atoms with van der Waals surface area (Å²) in [6.07, 6.45) is 2.53. The normalized spacial score (nSPS) is 9.00. The predicted octanol–water partition coefficient (Wildman–Crippen LogP) is -0.600. The Labute approximate surface area is 45.5 Å². The smallest absolute Gasteiger partial charge is 0.255 e. The molecule has 0 atom stereocenters. The third-order valence-corrected chi connectivity index (χ3v) is 0.675. The molecule has 0 fully saturated rings. The van der Waals surface area contributed by atoms with Crippen LogP contribution in [0.2, 0.25) is 0 Å². The van der Waals surface area contributed by atoms with Crippen LogP contribution >= 0.6 is 0 Å². The molecule has 0 saturated heterocycles. The fourth-order valence-electron chi connectivity index (χ4n) is 0.323. The van der Waals surface area contributed by atoms with Gasteiger partial charge in [0.15, 0.2) is 0 Å². The molecule has 1 aromatic heterocycles. The van der Waals surface area contributed by atoms with E-state index >= 15 is 0 Å². The van der Waals surface area contributed by atoms with E-state index in [-0.39, 0.29) is 5.62 Å². The summed E-state index contributed by atoms with van der Waals surface area (Å²) in [5.74, 6) is 0. The van der Waals surface area contributed by atoms with Gasteiger partial charge in [0, 0.05) is 12.3 Å². The molecule has 0 saturated carbocycles. The highest BCUT2D eigenvalue weighted by Crippen LogP contribution is 1.65. The van der Waals surface area contributed by atoms with E-state index in [1.807, 2.05) is 0 Å². The van der Waals surface area contributed by atoms with E-state index in [2.05, 4.69) is 11.1 Å². The Balaban J connectivity index is 3.35. The van der Waals surface area contributed by atoms with Crippen LogP contribution in [0.3, 0.4) is 0 Å². The zero-order valence-corrected chi connectivity index (χ0v) is 4.00. The number of nitrogens with one attached hydrogen (secondary N) is 1. The first-order chi connectivity index (χ1) is 3.80. The van der Waals surface area contributed by atoms with Gasteiger partial charge in [0.05, 0.1) is 6.20 Å². The monoisotopic (exact) mass is 110 g/mol. The summed E-state index contributed by atoms with van der Waals surface area (Å²) in [5, 5.41) is 15.4. The van der Waals surface area contributed by atoms with Crippen molar-refractivity contribution >= 4 is 0 Å². The van der Waals surface area contributed by atoms with Crippen LogP contribution in [0.1, 0.15) is 0 Å². The molecule has 0 unspecified atom stereocenters. The van der Waals surface area contributed by atoms with Crippen LogP contribution in [0, 0.1) is 11.5 Å². The maximum absolute atomic E-state index is 8.55. The van der Waals surface area contributed by atoms with Crippen molar-refractivity contribution in [1.82, 2.24) is 9.71 Å². The molecule has 1 radical (unpaired) electrons. The van der Waals surface area contributed by atoms with Crippen molar-refractivity contribution in [2.75, 3.05) is 0 Å². The molecule has 0 aliphatic heterocycles. The Bertz CT molecular complexity index is 229. The fraction of sp³-hybridized carbons (Fsp3) is 0. The van der Waals surface area contributed by atoms with Gasteiger partial charge in [-0.1, -0.05) is 0 Å². The minimum absolute atomic E-state index is 0.191. The van der Waals surface area contributed by atoms with E-state index in [0.29, 0.717) is 4.73 Å². The van der Waals surface area contributed by atoms with E-state index in [4.69, 9.17) is 10.6 Å². The lowest BCUT2D eigenvalue weighted by molar-refractivity contribution is 0.164. The Hall–Kier alpha value is -1.32. The Morgan fingerprint density at radius 2 is 2.62 bits per heavy atom. The van der Waals surface area contributed by atoms with Gasteiger partial charge in [-0.05, 0) is 0 Å². The maximum Gasteiger partial charge on any atom is 0.255 e. The third-order valence-electron chi connectivity index (χ3n) is 0.675. The molecule has 1 heterocycles. The Kier molecular flexibility index (Phi) is 0.997. The number of aromatic nitrogens is 2. The molecular weight excluding hydrogens is 106 g/mol. The first-order valence-electron chi connectivity index (χ1n) is 1.99. The molecule has 0 aliphatic carbocycles. The summed E-state index contributed by atoms with van der Waals surface area (Å²) >= 11 is 0. The molecule has 1 rings (SSSR count). The van der Waals surface area contributed by atoms with E-state index in [1.165, 1.54) is 12.4 Å². The second-order valence-corrected chi connectivity index (χ2v) is 1.22. The highest BCUT2D eigenvalue weighted by atomic mass is 16.5. The van der Waals surface area contributed by atoms with Crippen LogP contribution in [0.5, 0.6) is 0 Å². The van der Waals surface area contributed by atoms with Gasteiger partial charge in [-0.25, -0.2) is 4.98 Å². The molecule has 4 nitrogen and oxygen atoms in total. The van der Waals surface area contributed by atoms with Crippen LogP contribution in [-0.2, 0) is 0 Å². The van der Waals surface area contributed by atoms with E-state index in [9.17, 15) is 0 Å². The second kappa shape index (κ2) is 1.65. The summed E-state index contributed by atoms with van der Waals surface area (Å²) in [6.45, 7) is 0. The average Bonchev–Trinajstić information content (AvgIpc) is 1.77. The Morgan fingerprint density at radius 3 is 3.00 bits per heavy atom. The van der Waals surface area contributed by atoms with Crippen molar-refractivity contribution < 1.29 is 5.21 Å². The second-order valence-electron chi connectivity index (χ2n) is 1.22. The third kappa shape index (κ3) is 0.676. The molecule has 0 aliphatic rings. The fourth-order valence-corrected chi connectivity index (χ4v) is 0.323. The lowest BCUT2D eigenvalue weighted by atomic mass is 10.7. The number of rotatable bonds is 0. The summed E-state index contributed by atoms with van der Waals surface area (Å²) < 4.78 is 0.583. The molecule has 41 valence electrons. The van der Waals surface area contributed by atoms with Crippen molar-refractivity contribution in [2.45, 2.75) is 0 Å². The molecule has 8 heavy (non-hydrogen) atoms. The van der Waals surface area contributed by atoms with Gasteiger partial charge in [-0.2, -0.15) is 4.73 Å². The minimum atomic E-state index is -0.191. The molecule has 4 heteroatoms. The lowest BCUT2D eigenvalue weighted by Gasteiger charge is -1.89. The van der Waals surface area contributed by atoms with E-state index in [0.717, 1.165) is 0 Å². The topological polar surface area (TPSA) is 61.9 Å². The van der Waals surface area contributed by atoms with Gasteiger partial charge >= 0.3 is 0 Å². The van der Waals surface area contributed by atoms with Gasteiger partial charge in [-0.15, -0.1) is 0 Å². The number of nitrogens with zero attached hydrogens (tertiary/aromatic N) is 2. The molecular formula is C4H4N3O. The first kappa shape index (κ1) is 4.83. The van der Waals surface area contributed by atoms with Gasteiger partial charge < -0.3 is 5.21 Å².